The van der Waals surface area contributed by atoms with E-state index in [9.17, 15) is 4.79 Å². The Morgan fingerprint density at radius 3 is 2.93 bits per heavy atom. The number of amides is 1. The van der Waals surface area contributed by atoms with Crippen LogP contribution in [0.3, 0.4) is 0 Å². The zero-order valence-electron chi connectivity index (χ0n) is 8.93. The first kappa shape index (κ1) is 11.6. The summed E-state index contributed by atoms with van der Waals surface area (Å²) in [7, 11) is 0. The molecular formula is C9H16N4O2. The van der Waals surface area contributed by atoms with Crippen LogP contribution in [-0.4, -0.2) is 22.1 Å². The molecule has 0 saturated carbocycles. The summed E-state index contributed by atoms with van der Waals surface area (Å²) in [5.74, 6) is 0.657. The third-order valence-electron chi connectivity index (χ3n) is 1.89. The van der Waals surface area contributed by atoms with Gasteiger partial charge in [-0.15, -0.1) is 0 Å². The number of aromatic nitrogens is 2. The maximum atomic E-state index is 11.5. The lowest BCUT2D eigenvalue weighted by molar-refractivity contribution is -0.122. The highest BCUT2D eigenvalue weighted by molar-refractivity contribution is 5.81. The van der Waals surface area contributed by atoms with Gasteiger partial charge in [0.25, 0.3) is 0 Å². The Morgan fingerprint density at radius 2 is 2.40 bits per heavy atom. The smallest absolute Gasteiger partial charge is 0.237 e. The van der Waals surface area contributed by atoms with E-state index in [1.54, 1.807) is 0 Å². The summed E-state index contributed by atoms with van der Waals surface area (Å²) in [6.45, 7) is 4.29. The standard InChI is InChI=1S/C9H16N4O2/c1-6(2)3-7(10)9(14)11-4-8-12-5-15-13-8/h5-7H,3-4,10H2,1-2H3,(H,11,14)/t7-/m0/s1. The predicted molar refractivity (Wildman–Crippen MR) is 53.6 cm³/mol. The molecule has 0 bridgehead atoms. The summed E-state index contributed by atoms with van der Waals surface area (Å²) >= 11 is 0. The van der Waals surface area contributed by atoms with Gasteiger partial charge in [0, 0.05) is 0 Å². The molecule has 1 rings (SSSR count). The molecule has 0 aliphatic rings. The van der Waals surface area contributed by atoms with E-state index < -0.39 is 6.04 Å². The molecule has 3 N–H and O–H groups in total. The van der Waals surface area contributed by atoms with Crippen molar-refractivity contribution >= 4 is 5.91 Å². The second-order valence-corrected chi connectivity index (χ2v) is 3.80. The SMILES string of the molecule is CC(C)C[C@H](N)C(=O)NCc1ncon1. The molecule has 0 aliphatic carbocycles. The van der Waals surface area contributed by atoms with Crippen molar-refractivity contribution in [3.8, 4) is 0 Å². The Hall–Kier alpha value is -1.43. The Bertz CT molecular complexity index is 297. The molecule has 1 heterocycles. The highest BCUT2D eigenvalue weighted by Gasteiger charge is 2.14. The number of nitrogens with zero attached hydrogens (tertiary/aromatic N) is 2. The van der Waals surface area contributed by atoms with Gasteiger partial charge in [-0.25, -0.2) is 0 Å². The maximum Gasteiger partial charge on any atom is 0.237 e. The van der Waals surface area contributed by atoms with Gasteiger partial charge in [-0.05, 0) is 12.3 Å². The number of hydrogen-bond donors (Lipinski definition) is 2. The molecule has 0 radical (unpaired) electrons. The molecule has 1 atom stereocenters. The number of nitrogens with two attached hydrogens (primary N) is 1. The summed E-state index contributed by atoms with van der Waals surface area (Å²) < 4.78 is 4.53. The van der Waals surface area contributed by atoms with Gasteiger partial charge in [0.2, 0.25) is 12.3 Å². The van der Waals surface area contributed by atoms with Gasteiger partial charge in [-0.1, -0.05) is 19.0 Å². The fourth-order valence-electron chi connectivity index (χ4n) is 1.18. The number of hydrogen-bond acceptors (Lipinski definition) is 5. The number of carbonyl (C=O) groups is 1. The van der Waals surface area contributed by atoms with E-state index in [0.29, 0.717) is 18.2 Å². The Labute approximate surface area is 88.2 Å². The Morgan fingerprint density at radius 1 is 1.67 bits per heavy atom. The van der Waals surface area contributed by atoms with Crippen LogP contribution in [-0.2, 0) is 11.3 Å². The topological polar surface area (TPSA) is 94.0 Å². The molecule has 0 spiro atoms. The molecule has 0 aromatic carbocycles. The summed E-state index contributed by atoms with van der Waals surface area (Å²) in [6, 6.07) is -0.475. The lowest BCUT2D eigenvalue weighted by Crippen LogP contribution is -2.41. The van der Waals surface area contributed by atoms with Crippen molar-refractivity contribution in [2.45, 2.75) is 32.9 Å². The van der Waals surface area contributed by atoms with Crippen LogP contribution in [0.25, 0.3) is 0 Å². The lowest BCUT2D eigenvalue weighted by atomic mass is 10.0. The van der Waals surface area contributed by atoms with Gasteiger partial charge in [0.05, 0.1) is 12.6 Å². The van der Waals surface area contributed by atoms with Crippen LogP contribution >= 0.6 is 0 Å². The number of nitrogens with one attached hydrogen (secondary N) is 1. The van der Waals surface area contributed by atoms with E-state index in [1.165, 1.54) is 6.39 Å². The van der Waals surface area contributed by atoms with Gasteiger partial charge >= 0.3 is 0 Å². The van der Waals surface area contributed by atoms with E-state index >= 15 is 0 Å². The van der Waals surface area contributed by atoms with E-state index in [0.717, 1.165) is 0 Å². The van der Waals surface area contributed by atoms with Gasteiger partial charge in [-0.3, -0.25) is 4.79 Å². The minimum atomic E-state index is -0.475. The first-order chi connectivity index (χ1) is 7.09. The number of carbonyl (C=O) groups excluding carboxylic acids is 1. The van der Waals surface area contributed by atoms with E-state index in [1.807, 2.05) is 13.8 Å². The van der Waals surface area contributed by atoms with Crippen LogP contribution in [0, 0.1) is 5.92 Å². The van der Waals surface area contributed by atoms with Crippen molar-refractivity contribution < 1.29 is 9.32 Å². The third kappa shape index (κ3) is 4.07. The molecule has 0 saturated heterocycles. The Balaban J connectivity index is 2.29. The highest BCUT2D eigenvalue weighted by Crippen LogP contribution is 2.02. The van der Waals surface area contributed by atoms with Crippen molar-refractivity contribution in [1.29, 1.82) is 0 Å². The first-order valence-electron chi connectivity index (χ1n) is 4.88. The van der Waals surface area contributed by atoms with Crippen molar-refractivity contribution in [3.63, 3.8) is 0 Å². The van der Waals surface area contributed by atoms with Crippen LogP contribution < -0.4 is 11.1 Å². The largest absolute Gasteiger partial charge is 0.347 e. The predicted octanol–water partition coefficient (Wildman–Crippen LogP) is 0.0592. The number of rotatable bonds is 5. The van der Waals surface area contributed by atoms with Crippen LogP contribution in [0.5, 0.6) is 0 Å². The minimum Gasteiger partial charge on any atom is -0.347 e. The molecule has 1 aromatic rings. The van der Waals surface area contributed by atoms with Gasteiger partial charge < -0.3 is 15.6 Å². The van der Waals surface area contributed by atoms with Crippen molar-refractivity contribution in [3.05, 3.63) is 12.2 Å². The first-order valence-corrected chi connectivity index (χ1v) is 4.88. The quantitative estimate of drug-likeness (QED) is 0.719. The molecule has 84 valence electrons. The van der Waals surface area contributed by atoms with E-state index in [-0.39, 0.29) is 12.5 Å². The van der Waals surface area contributed by atoms with Gasteiger partial charge in [-0.2, -0.15) is 4.98 Å². The molecule has 1 amide bonds. The zero-order valence-corrected chi connectivity index (χ0v) is 8.93. The maximum absolute atomic E-state index is 11.5. The molecule has 0 fully saturated rings. The van der Waals surface area contributed by atoms with Crippen LogP contribution in [0.2, 0.25) is 0 Å². The lowest BCUT2D eigenvalue weighted by Gasteiger charge is -2.12. The molecule has 15 heavy (non-hydrogen) atoms. The van der Waals surface area contributed by atoms with Gasteiger partial charge in [0.1, 0.15) is 0 Å². The average molecular weight is 212 g/mol. The summed E-state index contributed by atoms with van der Waals surface area (Å²) in [6.07, 6.45) is 1.88. The molecule has 1 aromatic heterocycles. The highest BCUT2D eigenvalue weighted by atomic mass is 16.5. The van der Waals surface area contributed by atoms with Crippen molar-refractivity contribution in [2.75, 3.05) is 0 Å². The molecule has 6 heteroatoms. The van der Waals surface area contributed by atoms with Crippen molar-refractivity contribution in [1.82, 2.24) is 15.5 Å². The summed E-state index contributed by atoms with van der Waals surface area (Å²) in [5.41, 5.74) is 5.68. The molecule has 0 unspecified atom stereocenters. The monoisotopic (exact) mass is 212 g/mol. The average Bonchev–Trinajstić information content (AvgIpc) is 2.65. The van der Waals surface area contributed by atoms with Crippen LogP contribution in [0.1, 0.15) is 26.1 Å². The Kier molecular flexibility index (Phi) is 4.23. The molecular weight excluding hydrogens is 196 g/mol. The fraction of sp³-hybridized carbons (Fsp3) is 0.667. The minimum absolute atomic E-state index is 0.187. The second kappa shape index (κ2) is 5.45. The van der Waals surface area contributed by atoms with Crippen LogP contribution in [0.4, 0.5) is 0 Å². The summed E-state index contributed by atoms with van der Waals surface area (Å²) in [5, 5.41) is 6.21. The normalized spacial score (nSPS) is 12.8. The van der Waals surface area contributed by atoms with Crippen molar-refractivity contribution in [2.24, 2.45) is 11.7 Å². The molecule has 6 nitrogen and oxygen atoms in total. The zero-order chi connectivity index (χ0) is 11.3. The van der Waals surface area contributed by atoms with E-state index in [2.05, 4.69) is 20.0 Å². The second-order valence-electron chi connectivity index (χ2n) is 3.80. The van der Waals surface area contributed by atoms with Crippen LogP contribution in [0.15, 0.2) is 10.9 Å². The molecule has 0 aliphatic heterocycles. The summed E-state index contributed by atoms with van der Waals surface area (Å²) in [4.78, 5) is 15.2. The van der Waals surface area contributed by atoms with Gasteiger partial charge in [0.15, 0.2) is 5.82 Å². The third-order valence-corrected chi connectivity index (χ3v) is 1.89. The fourth-order valence-corrected chi connectivity index (χ4v) is 1.18. The van der Waals surface area contributed by atoms with E-state index in [4.69, 9.17) is 5.73 Å².